The molecule has 0 radical (unpaired) electrons. The first-order valence-electron chi connectivity index (χ1n) is 9.18. The number of rotatable bonds is 9. The largest absolute Gasteiger partial charge is 0.492 e. The Balaban J connectivity index is 1.86. The van der Waals surface area contributed by atoms with E-state index in [2.05, 4.69) is 27.2 Å². The van der Waals surface area contributed by atoms with Gasteiger partial charge in [-0.2, -0.15) is 5.10 Å². The Morgan fingerprint density at radius 3 is 2.63 bits per heavy atom. The maximum absolute atomic E-state index is 5.76. The standard InChI is InChI=1S/C20H31N5O2/c1-16-19(17(2)25(23-16)12-13-26-5)15-22-20(21-3)24(4)11-14-27-18-9-7-6-8-10-18/h6-10H,11-15H2,1-5H3,(H,21,22). The number of hydrogen-bond acceptors (Lipinski definition) is 4. The number of aliphatic imine (C=N–C) groups is 1. The van der Waals surface area contributed by atoms with Gasteiger partial charge in [-0.25, -0.2) is 0 Å². The molecule has 1 aromatic carbocycles. The van der Waals surface area contributed by atoms with Crippen LogP contribution in [-0.4, -0.2) is 61.6 Å². The molecule has 1 aromatic heterocycles. The lowest BCUT2D eigenvalue weighted by atomic mass is 10.2. The van der Waals surface area contributed by atoms with Gasteiger partial charge in [0.15, 0.2) is 5.96 Å². The number of aromatic nitrogens is 2. The predicted molar refractivity (Wildman–Crippen MR) is 108 cm³/mol. The number of ether oxygens (including phenoxy) is 2. The topological polar surface area (TPSA) is 63.9 Å². The van der Waals surface area contributed by atoms with Gasteiger partial charge in [0.25, 0.3) is 0 Å². The number of nitrogens with zero attached hydrogens (tertiary/aromatic N) is 4. The fraction of sp³-hybridized carbons (Fsp3) is 0.500. The van der Waals surface area contributed by atoms with E-state index in [1.165, 1.54) is 5.56 Å². The Bertz CT molecular complexity index is 727. The summed E-state index contributed by atoms with van der Waals surface area (Å²) in [5.41, 5.74) is 3.38. The van der Waals surface area contributed by atoms with Crippen molar-refractivity contribution in [3.63, 3.8) is 0 Å². The number of benzene rings is 1. The summed E-state index contributed by atoms with van der Waals surface area (Å²) in [6.45, 7) is 7.55. The minimum absolute atomic E-state index is 0.591. The van der Waals surface area contributed by atoms with E-state index in [1.807, 2.05) is 49.0 Å². The monoisotopic (exact) mass is 373 g/mol. The van der Waals surface area contributed by atoms with Gasteiger partial charge in [0.05, 0.1) is 25.4 Å². The Kier molecular flexibility index (Phi) is 8.13. The summed E-state index contributed by atoms with van der Waals surface area (Å²) in [5.74, 6) is 1.71. The van der Waals surface area contributed by atoms with Crippen LogP contribution in [0.2, 0.25) is 0 Å². The maximum Gasteiger partial charge on any atom is 0.193 e. The van der Waals surface area contributed by atoms with E-state index in [4.69, 9.17) is 9.47 Å². The Morgan fingerprint density at radius 1 is 1.22 bits per heavy atom. The summed E-state index contributed by atoms with van der Waals surface area (Å²) < 4.78 is 12.9. The number of likely N-dealkylation sites (N-methyl/N-ethyl adjacent to an activating group) is 1. The van der Waals surface area contributed by atoms with Crippen LogP contribution >= 0.6 is 0 Å². The van der Waals surface area contributed by atoms with Gasteiger partial charge in [0, 0.05) is 39.0 Å². The molecule has 0 saturated heterocycles. The number of nitrogens with one attached hydrogen (secondary N) is 1. The first-order valence-corrected chi connectivity index (χ1v) is 9.18. The third-order valence-corrected chi connectivity index (χ3v) is 4.47. The van der Waals surface area contributed by atoms with Crippen molar-refractivity contribution >= 4 is 5.96 Å². The molecule has 0 fully saturated rings. The van der Waals surface area contributed by atoms with Gasteiger partial charge in [0.1, 0.15) is 12.4 Å². The van der Waals surface area contributed by atoms with Crippen molar-refractivity contribution in [1.82, 2.24) is 20.0 Å². The Morgan fingerprint density at radius 2 is 1.96 bits per heavy atom. The van der Waals surface area contributed by atoms with E-state index in [9.17, 15) is 0 Å². The molecular formula is C20H31N5O2. The molecule has 0 bridgehead atoms. The van der Waals surface area contributed by atoms with Crippen LogP contribution in [-0.2, 0) is 17.8 Å². The van der Waals surface area contributed by atoms with Gasteiger partial charge in [-0.1, -0.05) is 18.2 Å². The zero-order chi connectivity index (χ0) is 19.6. The van der Waals surface area contributed by atoms with E-state index in [0.717, 1.165) is 36.2 Å². The Hall–Kier alpha value is -2.54. The average molecular weight is 374 g/mol. The van der Waals surface area contributed by atoms with Crippen molar-refractivity contribution in [2.75, 3.05) is 41.0 Å². The zero-order valence-corrected chi connectivity index (χ0v) is 17.0. The van der Waals surface area contributed by atoms with Gasteiger partial charge in [-0.05, 0) is 26.0 Å². The summed E-state index contributed by atoms with van der Waals surface area (Å²) >= 11 is 0. The lowest BCUT2D eigenvalue weighted by molar-refractivity contribution is 0.182. The van der Waals surface area contributed by atoms with Gasteiger partial charge >= 0.3 is 0 Å². The summed E-state index contributed by atoms with van der Waals surface area (Å²) in [4.78, 5) is 6.43. The summed E-state index contributed by atoms with van der Waals surface area (Å²) in [7, 11) is 5.50. The number of methoxy groups -OCH3 is 1. The van der Waals surface area contributed by atoms with Crippen molar-refractivity contribution in [3.8, 4) is 5.75 Å². The number of para-hydroxylation sites is 1. The molecule has 0 unspecified atom stereocenters. The molecule has 0 atom stereocenters. The Labute approximate surface area is 162 Å². The molecule has 1 heterocycles. The predicted octanol–water partition coefficient (Wildman–Crippen LogP) is 2.23. The second-order valence-corrected chi connectivity index (χ2v) is 6.35. The van der Waals surface area contributed by atoms with Crippen molar-refractivity contribution < 1.29 is 9.47 Å². The normalized spacial score (nSPS) is 11.5. The van der Waals surface area contributed by atoms with Crippen molar-refractivity contribution in [2.24, 2.45) is 4.99 Å². The van der Waals surface area contributed by atoms with Crippen LogP contribution < -0.4 is 10.1 Å². The molecule has 0 aliphatic carbocycles. The van der Waals surface area contributed by atoms with Crippen LogP contribution in [0.25, 0.3) is 0 Å². The fourth-order valence-corrected chi connectivity index (χ4v) is 2.86. The molecule has 0 aliphatic heterocycles. The lowest BCUT2D eigenvalue weighted by Gasteiger charge is -2.22. The molecule has 0 spiro atoms. The maximum atomic E-state index is 5.76. The van der Waals surface area contributed by atoms with E-state index < -0.39 is 0 Å². The SMILES string of the molecule is CN=C(NCc1c(C)nn(CCOC)c1C)N(C)CCOc1ccccc1. The molecule has 0 saturated carbocycles. The smallest absolute Gasteiger partial charge is 0.193 e. The van der Waals surface area contributed by atoms with Gasteiger partial charge in [-0.3, -0.25) is 9.67 Å². The van der Waals surface area contributed by atoms with E-state index in [1.54, 1.807) is 14.2 Å². The van der Waals surface area contributed by atoms with Gasteiger partial charge in [-0.15, -0.1) is 0 Å². The van der Waals surface area contributed by atoms with Crippen LogP contribution in [0.1, 0.15) is 17.0 Å². The van der Waals surface area contributed by atoms with E-state index in [0.29, 0.717) is 19.8 Å². The molecule has 7 nitrogen and oxygen atoms in total. The molecule has 27 heavy (non-hydrogen) atoms. The highest BCUT2D eigenvalue weighted by Crippen LogP contribution is 2.13. The first-order chi connectivity index (χ1) is 13.1. The molecule has 0 amide bonds. The number of guanidine groups is 1. The lowest BCUT2D eigenvalue weighted by Crippen LogP contribution is -2.40. The van der Waals surface area contributed by atoms with Crippen molar-refractivity contribution in [2.45, 2.75) is 26.9 Å². The molecule has 7 heteroatoms. The second kappa shape index (κ2) is 10.6. The molecule has 148 valence electrons. The van der Waals surface area contributed by atoms with Gasteiger partial charge in [0.2, 0.25) is 0 Å². The molecule has 1 N–H and O–H groups in total. The van der Waals surface area contributed by atoms with E-state index in [-0.39, 0.29) is 0 Å². The summed E-state index contributed by atoms with van der Waals surface area (Å²) in [6, 6.07) is 9.83. The van der Waals surface area contributed by atoms with Gasteiger partial charge < -0.3 is 19.7 Å². The third-order valence-electron chi connectivity index (χ3n) is 4.47. The van der Waals surface area contributed by atoms with Crippen LogP contribution in [0.15, 0.2) is 35.3 Å². The zero-order valence-electron chi connectivity index (χ0n) is 17.0. The fourth-order valence-electron chi connectivity index (χ4n) is 2.86. The summed E-state index contributed by atoms with van der Waals surface area (Å²) in [5, 5.41) is 8.02. The van der Waals surface area contributed by atoms with Crippen LogP contribution in [0, 0.1) is 13.8 Å². The number of aryl methyl sites for hydroxylation is 1. The highest BCUT2D eigenvalue weighted by atomic mass is 16.5. The minimum atomic E-state index is 0.591. The van der Waals surface area contributed by atoms with Crippen LogP contribution in [0.3, 0.4) is 0 Å². The molecule has 2 rings (SSSR count). The van der Waals surface area contributed by atoms with Crippen molar-refractivity contribution in [1.29, 1.82) is 0 Å². The second-order valence-electron chi connectivity index (χ2n) is 6.35. The van der Waals surface area contributed by atoms with Crippen molar-refractivity contribution in [3.05, 3.63) is 47.3 Å². The quantitative estimate of drug-likeness (QED) is 0.539. The number of hydrogen-bond donors (Lipinski definition) is 1. The highest BCUT2D eigenvalue weighted by Gasteiger charge is 2.13. The van der Waals surface area contributed by atoms with E-state index >= 15 is 0 Å². The van der Waals surface area contributed by atoms with Crippen LogP contribution in [0.5, 0.6) is 5.75 Å². The molecule has 2 aromatic rings. The molecule has 0 aliphatic rings. The first kappa shape index (κ1) is 20.8. The van der Waals surface area contributed by atoms with Crippen LogP contribution in [0.4, 0.5) is 0 Å². The third kappa shape index (κ3) is 5.99. The summed E-state index contributed by atoms with van der Waals surface area (Å²) in [6.07, 6.45) is 0. The average Bonchev–Trinajstić information content (AvgIpc) is 2.95. The highest BCUT2D eigenvalue weighted by molar-refractivity contribution is 5.79. The molecular weight excluding hydrogens is 342 g/mol. The minimum Gasteiger partial charge on any atom is -0.492 e.